The van der Waals surface area contributed by atoms with Gasteiger partial charge in [0.1, 0.15) is 5.82 Å². The molecule has 0 atom stereocenters. The van der Waals surface area contributed by atoms with E-state index < -0.39 is 11.7 Å². The Labute approximate surface area is 246 Å². The van der Waals surface area contributed by atoms with Crippen LogP contribution in [-0.2, 0) is 11.0 Å². The standard InChI is InChI=1S/C31H40F3N7O/c1-2-38-15-17-39(18-16-38)22-23-7-11-41(12-8-23)27-5-6-29(36-21-27)37-30(42)24-9-13-40(14-10-24)26-4-3-25(20-35)28(19-26)31(32,33)34/h3-6,19,21,23-24H,2,7-18,22H2,1H3,(H,36,37,42). The van der Waals surface area contributed by atoms with Crippen LogP contribution in [0.3, 0.4) is 0 Å². The molecule has 3 saturated heterocycles. The Kier molecular flexibility index (Phi) is 9.53. The third-order valence-electron chi connectivity index (χ3n) is 9.07. The number of hydrogen-bond acceptors (Lipinski definition) is 7. The van der Waals surface area contributed by atoms with Crippen LogP contribution in [0.25, 0.3) is 0 Å². The van der Waals surface area contributed by atoms with Crippen molar-refractivity contribution in [1.29, 1.82) is 5.26 Å². The van der Waals surface area contributed by atoms with Gasteiger partial charge in [0.15, 0.2) is 0 Å². The van der Waals surface area contributed by atoms with E-state index in [4.69, 9.17) is 5.26 Å². The largest absolute Gasteiger partial charge is 0.417 e. The minimum absolute atomic E-state index is 0.119. The number of piperazine rings is 1. The second-order valence-corrected chi connectivity index (χ2v) is 11.7. The van der Waals surface area contributed by atoms with Crippen LogP contribution < -0.4 is 15.1 Å². The SMILES string of the molecule is CCN1CCN(CC2CCN(c3ccc(NC(=O)C4CCN(c5ccc(C#N)c(C(F)(F)F)c5)CC4)nc3)CC2)CC1. The third kappa shape index (κ3) is 7.34. The number of amides is 1. The van der Waals surface area contributed by atoms with Gasteiger partial charge in [0.05, 0.1) is 29.1 Å². The first-order chi connectivity index (χ1) is 20.2. The Morgan fingerprint density at radius 2 is 1.55 bits per heavy atom. The van der Waals surface area contributed by atoms with Gasteiger partial charge in [0, 0.05) is 70.5 Å². The molecule has 0 bridgehead atoms. The van der Waals surface area contributed by atoms with Crippen molar-refractivity contribution in [3.8, 4) is 6.07 Å². The molecule has 1 amide bonds. The summed E-state index contributed by atoms with van der Waals surface area (Å²) in [7, 11) is 0. The molecule has 0 saturated carbocycles. The summed E-state index contributed by atoms with van der Waals surface area (Å²) in [6, 6.07) is 9.25. The molecule has 42 heavy (non-hydrogen) atoms. The topological polar surface area (TPSA) is 78.7 Å². The summed E-state index contributed by atoms with van der Waals surface area (Å²) in [4.78, 5) is 26.8. The van der Waals surface area contributed by atoms with Crippen molar-refractivity contribution < 1.29 is 18.0 Å². The first kappa shape index (κ1) is 30.1. The molecule has 8 nitrogen and oxygen atoms in total. The summed E-state index contributed by atoms with van der Waals surface area (Å²) in [6.45, 7) is 12.2. The number of pyridine rings is 1. The van der Waals surface area contributed by atoms with Gasteiger partial charge in [0.25, 0.3) is 0 Å². The molecule has 0 spiro atoms. The molecule has 4 heterocycles. The molecule has 0 aliphatic carbocycles. The second-order valence-electron chi connectivity index (χ2n) is 11.7. The Hall–Kier alpha value is -3.36. The molecule has 1 aromatic carbocycles. The van der Waals surface area contributed by atoms with Gasteiger partial charge in [-0.05, 0) is 68.5 Å². The zero-order valence-corrected chi connectivity index (χ0v) is 24.2. The third-order valence-corrected chi connectivity index (χ3v) is 9.07. The molecule has 226 valence electrons. The van der Waals surface area contributed by atoms with Gasteiger partial charge in [-0.25, -0.2) is 4.98 Å². The Morgan fingerprint density at radius 1 is 0.929 bits per heavy atom. The fourth-order valence-electron chi connectivity index (χ4n) is 6.36. The lowest BCUT2D eigenvalue weighted by Crippen LogP contribution is -2.48. The lowest BCUT2D eigenvalue weighted by atomic mass is 9.95. The van der Waals surface area contributed by atoms with Gasteiger partial charge >= 0.3 is 6.18 Å². The van der Waals surface area contributed by atoms with Crippen LogP contribution in [0.5, 0.6) is 0 Å². The molecule has 5 rings (SSSR count). The lowest BCUT2D eigenvalue weighted by molar-refractivity contribution is -0.137. The van der Waals surface area contributed by atoms with Crippen LogP contribution in [0.1, 0.15) is 43.7 Å². The molecule has 3 aliphatic rings. The fraction of sp³-hybridized carbons (Fsp3) is 0.581. The zero-order chi connectivity index (χ0) is 29.7. The highest BCUT2D eigenvalue weighted by Gasteiger charge is 2.35. The summed E-state index contributed by atoms with van der Waals surface area (Å²) in [6.07, 6.45) is 0.619. The van der Waals surface area contributed by atoms with E-state index in [1.54, 1.807) is 6.07 Å². The molecular weight excluding hydrogens is 543 g/mol. The Balaban J connectivity index is 1.06. The number of halogens is 3. The van der Waals surface area contributed by atoms with E-state index in [0.29, 0.717) is 37.4 Å². The van der Waals surface area contributed by atoms with Crippen molar-refractivity contribution in [1.82, 2.24) is 14.8 Å². The number of rotatable bonds is 7. The first-order valence-corrected chi connectivity index (χ1v) is 15.1. The average Bonchev–Trinajstić information content (AvgIpc) is 3.01. The van der Waals surface area contributed by atoms with Gasteiger partial charge in [0.2, 0.25) is 5.91 Å². The predicted molar refractivity (Wildman–Crippen MR) is 157 cm³/mol. The number of hydrogen-bond donors (Lipinski definition) is 1. The number of benzene rings is 1. The van der Waals surface area contributed by atoms with E-state index in [1.165, 1.54) is 57.7 Å². The monoisotopic (exact) mass is 583 g/mol. The molecule has 1 N–H and O–H groups in total. The van der Waals surface area contributed by atoms with E-state index in [9.17, 15) is 18.0 Å². The Morgan fingerprint density at radius 3 is 2.14 bits per heavy atom. The number of aromatic nitrogens is 1. The zero-order valence-electron chi connectivity index (χ0n) is 24.2. The van der Waals surface area contributed by atoms with Crippen molar-refractivity contribution >= 4 is 23.1 Å². The maximum absolute atomic E-state index is 13.4. The number of carbonyl (C=O) groups is 1. The smallest absolute Gasteiger partial charge is 0.371 e. The highest BCUT2D eigenvalue weighted by molar-refractivity contribution is 5.92. The lowest BCUT2D eigenvalue weighted by Gasteiger charge is -2.39. The normalized spacial score (nSPS) is 20.0. The number of carbonyl (C=O) groups excluding carboxylic acids is 1. The molecule has 0 radical (unpaired) electrons. The van der Waals surface area contributed by atoms with Gasteiger partial charge in [-0.15, -0.1) is 0 Å². The molecule has 2 aromatic rings. The van der Waals surface area contributed by atoms with E-state index in [1.807, 2.05) is 23.2 Å². The van der Waals surface area contributed by atoms with E-state index in [0.717, 1.165) is 37.3 Å². The van der Waals surface area contributed by atoms with Gasteiger partial charge < -0.3 is 24.9 Å². The van der Waals surface area contributed by atoms with Crippen LogP contribution >= 0.6 is 0 Å². The number of likely N-dealkylation sites (N-methyl/N-ethyl adjacent to an activating group) is 1. The average molecular weight is 584 g/mol. The molecule has 11 heteroatoms. The number of nitriles is 1. The molecular formula is C31H40F3N7O. The van der Waals surface area contributed by atoms with Crippen LogP contribution in [0.15, 0.2) is 36.5 Å². The van der Waals surface area contributed by atoms with Crippen LogP contribution in [0, 0.1) is 23.2 Å². The van der Waals surface area contributed by atoms with Gasteiger partial charge in [-0.2, -0.15) is 18.4 Å². The van der Waals surface area contributed by atoms with Crippen molar-refractivity contribution in [2.24, 2.45) is 11.8 Å². The number of piperidine rings is 2. The van der Waals surface area contributed by atoms with Crippen molar-refractivity contribution in [2.45, 2.75) is 38.8 Å². The summed E-state index contributed by atoms with van der Waals surface area (Å²) in [5.74, 6) is 0.878. The van der Waals surface area contributed by atoms with E-state index >= 15 is 0 Å². The predicted octanol–water partition coefficient (Wildman–Crippen LogP) is 4.68. The number of nitrogens with zero attached hydrogens (tertiary/aromatic N) is 6. The van der Waals surface area contributed by atoms with Crippen molar-refractivity contribution in [3.05, 3.63) is 47.7 Å². The number of nitrogens with one attached hydrogen (secondary N) is 1. The fourth-order valence-corrected chi connectivity index (χ4v) is 6.36. The second kappa shape index (κ2) is 13.3. The summed E-state index contributed by atoms with van der Waals surface area (Å²) in [5, 5.41) is 12.0. The Bertz CT molecular complexity index is 1240. The van der Waals surface area contributed by atoms with Crippen LogP contribution in [-0.4, -0.2) is 86.1 Å². The van der Waals surface area contributed by atoms with E-state index in [2.05, 4.69) is 31.9 Å². The highest BCUT2D eigenvalue weighted by Crippen LogP contribution is 2.35. The maximum Gasteiger partial charge on any atom is 0.417 e. The minimum Gasteiger partial charge on any atom is -0.371 e. The van der Waals surface area contributed by atoms with Crippen molar-refractivity contribution in [2.75, 3.05) is 80.6 Å². The van der Waals surface area contributed by atoms with Gasteiger partial charge in [-0.1, -0.05) is 6.92 Å². The summed E-state index contributed by atoms with van der Waals surface area (Å²) in [5.41, 5.74) is 0.163. The quantitative estimate of drug-likeness (QED) is 0.507. The number of alkyl halides is 3. The molecule has 3 fully saturated rings. The molecule has 1 aromatic heterocycles. The van der Waals surface area contributed by atoms with Crippen LogP contribution in [0.2, 0.25) is 0 Å². The minimum atomic E-state index is -4.59. The maximum atomic E-state index is 13.4. The van der Waals surface area contributed by atoms with Crippen molar-refractivity contribution in [3.63, 3.8) is 0 Å². The molecule has 3 aliphatic heterocycles. The summed E-state index contributed by atoms with van der Waals surface area (Å²) < 4.78 is 40.1. The first-order valence-electron chi connectivity index (χ1n) is 15.1. The van der Waals surface area contributed by atoms with Crippen LogP contribution in [0.4, 0.5) is 30.4 Å². The summed E-state index contributed by atoms with van der Waals surface area (Å²) >= 11 is 0. The van der Waals surface area contributed by atoms with Gasteiger partial charge in [-0.3, -0.25) is 4.79 Å². The van der Waals surface area contributed by atoms with E-state index in [-0.39, 0.29) is 17.4 Å². The molecule has 0 unspecified atom stereocenters. The number of anilines is 3. The highest BCUT2D eigenvalue weighted by atomic mass is 19.4.